The number of hydrogen-bond donors (Lipinski definition) is 2. The van der Waals surface area contributed by atoms with Crippen LogP contribution in [0.25, 0.3) is 0 Å². The lowest BCUT2D eigenvalue weighted by Gasteiger charge is -2.18. The third-order valence-electron chi connectivity index (χ3n) is 2.09. The molecule has 3 nitrogen and oxygen atoms in total. The molecule has 0 radical (unpaired) electrons. The first-order valence-corrected chi connectivity index (χ1v) is 6.11. The van der Waals surface area contributed by atoms with E-state index in [2.05, 4.69) is 13.8 Å². The van der Waals surface area contributed by atoms with Crippen molar-refractivity contribution in [2.45, 2.75) is 39.2 Å². The molecule has 0 aromatic rings. The second kappa shape index (κ2) is 6.30. The lowest BCUT2D eigenvalue weighted by molar-refractivity contribution is -0.142. The predicted octanol–water partition coefficient (Wildman–Crippen LogP) is 1.96. The third kappa shape index (κ3) is 6.27. The highest BCUT2D eigenvalue weighted by Gasteiger charge is 2.26. The summed E-state index contributed by atoms with van der Waals surface area (Å²) >= 11 is 1.78. The maximum atomic E-state index is 10.7. The van der Waals surface area contributed by atoms with Crippen LogP contribution in [-0.4, -0.2) is 28.1 Å². The molecule has 1 unspecified atom stereocenters. The van der Waals surface area contributed by atoms with Crippen LogP contribution in [0.5, 0.6) is 0 Å². The van der Waals surface area contributed by atoms with E-state index < -0.39 is 11.5 Å². The molecule has 0 rings (SSSR count). The Morgan fingerprint density at radius 2 is 2.07 bits per heavy atom. The van der Waals surface area contributed by atoms with Gasteiger partial charge in [0.1, 0.15) is 5.54 Å². The van der Waals surface area contributed by atoms with Crippen molar-refractivity contribution in [1.29, 1.82) is 0 Å². The molecule has 0 amide bonds. The van der Waals surface area contributed by atoms with Crippen LogP contribution < -0.4 is 5.73 Å². The fourth-order valence-electron chi connectivity index (χ4n) is 0.812. The van der Waals surface area contributed by atoms with Crippen molar-refractivity contribution in [1.82, 2.24) is 0 Å². The number of thioether (sulfide) groups is 1. The van der Waals surface area contributed by atoms with Gasteiger partial charge in [-0.3, -0.25) is 4.79 Å². The number of aliphatic carboxylic acids is 1. The number of rotatable bonds is 7. The molecule has 0 saturated heterocycles. The van der Waals surface area contributed by atoms with Crippen molar-refractivity contribution in [2.75, 3.05) is 11.5 Å². The van der Waals surface area contributed by atoms with Crippen LogP contribution in [0.3, 0.4) is 0 Å². The van der Waals surface area contributed by atoms with E-state index in [0.717, 1.165) is 11.5 Å². The van der Waals surface area contributed by atoms with Gasteiger partial charge in [0, 0.05) is 0 Å². The molecule has 0 fully saturated rings. The van der Waals surface area contributed by atoms with Gasteiger partial charge < -0.3 is 10.8 Å². The zero-order valence-corrected chi connectivity index (χ0v) is 10.1. The van der Waals surface area contributed by atoms with Gasteiger partial charge in [-0.1, -0.05) is 13.8 Å². The first-order chi connectivity index (χ1) is 6.36. The summed E-state index contributed by atoms with van der Waals surface area (Å²) in [6.07, 6.45) is 1.71. The average Bonchev–Trinajstić information content (AvgIpc) is 2.02. The first kappa shape index (κ1) is 13.8. The van der Waals surface area contributed by atoms with E-state index in [-0.39, 0.29) is 0 Å². The Hall–Kier alpha value is -0.220. The van der Waals surface area contributed by atoms with Crippen molar-refractivity contribution < 1.29 is 9.90 Å². The van der Waals surface area contributed by atoms with Gasteiger partial charge in [-0.15, -0.1) is 0 Å². The summed E-state index contributed by atoms with van der Waals surface area (Å²) in [6.45, 7) is 5.94. The Labute approximate surface area is 90.4 Å². The van der Waals surface area contributed by atoms with Crippen LogP contribution >= 0.6 is 11.8 Å². The van der Waals surface area contributed by atoms with Gasteiger partial charge in [-0.25, -0.2) is 0 Å². The summed E-state index contributed by atoms with van der Waals surface area (Å²) in [5.74, 6) is 1.72. The summed E-state index contributed by atoms with van der Waals surface area (Å²) in [7, 11) is 0. The fraction of sp³-hybridized carbons (Fsp3) is 0.900. The lowest BCUT2D eigenvalue weighted by Crippen LogP contribution is -2.45. The van der Waals surface area contributed by atoms with Gasteiger partial charge >= 0.3 is 5.97 Å². The Kier molecular flexibility index (Phi) is 6.20. The van der Waals surface area contributed by atoms with E-state index in [1.165, 1.54) is 6.42 Å². The zero-order valence-electron chi connectivity index (χ0n) is 9.25. The van der Waals surface area contributed by atoms with E-state index >= 15 is 0 Å². The molecule has 0 aliphatic rings. The lowest BCUT2D eigenvalue weighted by atomic mass is 10.0. The maximum absolute atomic E-state index is 10.7. The van der Waals surface area contributed by atoms with Gasteiger partial charge in [-0.2, -0.15) is 11.8 Å². The Morgan fingerprint density at radius 1 is 1.50 bits per heavy atom. The van der Waals surface area contributed by atoms with Crippen LogP contribution in [0.4, 0.5) is 0 Å². The van der Waals surface area contributed by atoms with E-state index in [1.54, 1.807) is 18.7 Å². The van der Waals surface area contributed by atoms with Crippen molar-refractivity contribution >= 4 is 17.7 Å². The molecule has 0 aromatic heterocycles. The Morgan fingerprint density at radius 3 is 2.50 bits per heavy atom. The molecule has 0 aliphatic heterocycles. The molecule has 84 valence electrons. The molecule has 1 atom stereocenters. The molecule has 14 heavy (non-hydrogen) atoms. The van der Waals surface area contributed by atoms with Gasteiger partial charge in [0.15, 0.2) is 0 Å². The van der Waals surface area contributed by atoms with Crippen LogP contribution in [0.15, 0.2) is 0 Å². The highest BCUT2D eigenvalue weighted by molar-refractivity contribution is 7.99. The normalized spacial score (nSPS) is 15.5. The molecule has 4 heteroatoms. The second-order valence-corrected chi connectivity index (χ2v) is 5.49. The minimum atomic E-state index is -1.06. The molecule has 3 N–H and O–H groups in total. The highest BCUT2D eigenvalue weighted by atomic mass is 32.2. The number of carboxylic acids is 1. The largest absolute Gasteiger partial charge is 0.480 e. The van der Waals surface area contributed by atoms with Crippen LogP contribution in [0.2, 0.25) is 0 Å². The smallest absolute Gasteiger partial charge is 0.323 e. The summed E-state index contributed by atoms with van der Waals surface area (Å²) < 4.78 is 0. The highest BCUT2D eigenvalue weighted by Crippen LogP contribution is 2.14. The number of hydrogen-bond acceptors (Lipinski definition) is 3. The zero-order chi connectivity index (χ0) is 11.2. The number of nitrogens with two attached hydrogens (primary N) is 1. The van der Waals surface area contributed by atoms with E-state index in [9.17, 15) is 4.79 Å². The Bertz CT molecular complexity index is 181. The SMILES string of the molecule is CC(C)CCSCCC(C)(N)C(=O)O. The van der Waals surface area contributed by atoms with E-state index in [4.69, 9.17) is 10.8 Å². The molecule has 0 heterocycles. The standard InChI is InChI=1S/C10H21NO2S/c1-8(2)4-6-14-7-5-10(3,11)9(12)13/h8H,4-7,11H2,1-3H3,(H,12,13). The van der Waals surface area contributed by atoms with Crippen LogP contribution in [-0.2, 0) is 4.79 Å². The topological polar surface area (TPSA) is 63.3 Å². The molecule has 0 spiro atoms. The fourth-order valence-corrected chi connectivity index (χ4v) is 2.22. The average molecular weight is 219 g/mol. The third-order valence-corrected chi connectivity index (χ3v) is 3.11. The molecule has 0 saturated carbocycles. The van der Waals surface area contributed by atoms with E-state index in [1.807, 2.05) is 0 Å². The maximum Gasteiger partial charge on any atom is 0.323 e. The molecule has 0 aliphatic carbocycles. The van der Waals surface area contributed by atoms with Gasteiger partial charge in [0.25, 0.3) is 0 Å². The van der Waals surface area contributed by atoms with Crippen molar-refractivity contribution in [3.8, 4) is 0 Å². The first-order valence-electron chi connectivity index (χ1n) is 4.96. The second-order valence-electron chi connectivity index (χ2n) is 4.27. The summed E-state index contributed by atoms with van der Waals surface area (Å²) in [6, 6.07) is 0. The number of carbonyl (C=O) groups is 1. The van der Waals surface area contributed by atoms with Crippen molar-refractivity contribution in [3.05, 3.63) is 0 Å². The van der Waals surface area contributed by atoms with Crippen molar-refractivity contribution in [3.63, 3.8) is 0 Å². The van der Waals surface area contributed by atoms with Gasteiger partial charge in [0.2, 0.25) is 0 Å². The predicted molar refractivity (Wildman–Crippen MR) is 61.6 cm³/mol. The van der Waals surface area contributed by atoms with Gasteiger partial charge in [0.05, 0.1) is 0 Å². The minimum Gasteiger partial charge on any atom is -0.480 e. The van der Waals surface area contributed by atoms with Gasteiger partial charge in [-0.05, 0) is 37.2 Å². The van der Waals surface area contributed by atoms with E-state index in [0.29, 0.717) is 12.3 Å². The molecule has 0 bridgehead atoms. The quantitative estimate of drug-likeness (QED) is 0.642. The number of carboxylic acid groups (broad SMARTS) is 1. The molecule has 0 aromatic carbocycles. The monoisotopic (exact) mass is 219 g/mol. The van der Waals surface area contributed by atoms with Crippen LogP contribution in [0, 0.1) is 5.92 Å². The summed E-state index contributed by atoms with van der Waals surface area (Å²) in [5, 5.41) is 8.75. The minimum absolute atomic E-state index is 0.533. The van der Waals surface area contributed by atoms with Crippen LogP contribution in [0.1, 0.15) is 33.6 Å². The summed E-state index contributed by atoms with van der Waals surface area (Å²) in [5.41, 5.74) is 4.52. The molecular formula is C10H21NO2S. The summed E-state index contributed by atoms with van der Waals surface area (Å²) in [4.78, 5) is 10.7. The Balaban J connectivity index is 3.49. The molecular weight excluding hydrogens is 198 g/mol. The van der Waals surface area contributed by atoms with Crippen molar-refractivity contribution in [2.24, 2.45) is 11.7 Å².